The Morgan fingerprint density at radius 1 is 1.27 bits per heavy atom. The van der Waals surface area contributed by atoms with Gasteiger partial charge >= 0.3 is 6.03 Å². The number of hydrogen-bond donors (Lipinski definition) is 1. The normalized spacial score (nSPS) is 15.3. The molecule has 26 heavy (non-hydrogen) atoms. The zero-order chi connectivity index (χ0) is 18.2. The number of rotatable bonds is 5. The lowest BCUT2D eigenvalue weighted by atomic mass is 10.3. The van der Waals surface area contributed by atoms with Gasteiger partial charge in [-0.2, -0.15) is 0 Å². The lowest BCUT2D eigenvalue weighted by molar-refractivity contribution is 0.142. The molecule has 2 amide bonds. The summed E-state index contributed by atoms with van der Waals surface area (Å²) < 4.78 is 5.50. The number of benzene rings is 1. The first-order chi connectivity index (χ1) is 12.7. The maximum Gasteiger partial charge on any atom is 0.326 e. The summed E-state index contributed by atoms with van der Waals surface area (Å²) >= 11 is 6.13. The van der Waals surface area contributed by atoms with Gasteiger partial charge in [-0.15, -0.1) is 0 Å². The van der Waals surface area contributed by atoms with Crippen molar-refractivity contribution >= 4 is 29.0 Å². The van der Waals surface area contributed by atoms with Crippen molar-refractivity contribution in [3.8, 4) is 0 Å². The van der Waals surface area contributed by atoms with Gasteiger partial charge in [0.25, 0.3) is 0 Å². The minimum atomic E-state index is -0.202. The molecule has 2 aromatic rings. The highest BCUT2D eigenvalue weighted by Gasteiger charge is 2.18. The zero-order valence-electron chi connectivity index (χ0n) is 14.6. The van der Waals surface area contributed by atoms with E-state index in [9.17, 15) is 4.79 Å². The van der Waals surface area contributed by atoms with E-state index in [4.69, 9.17) is 16.3 Å². The van der Waals surface area contributed by atoms with E-state index in [0.29, 0.717) is 17.3 Å². The van der Waals surface area contributed by atoms with Crippen molar-refractivity contribution in [3.05, 3.63) is 53.8 Å². The van der Waals surface area contributed by atoms with Crippen LogP contribution in [0, 0.1) is 0 Å². The van der Waals surface area contributed by atoms with Crippen molar-refractivity contribution in [2.24, 2.45) is 0 Å². The molecule has 1 fully saturated rings. The van der Waals surface area contributed by atoms with Gasteiger partial charge in [-0.05, 0) is 36.8 Å². The number of anilines is 2. The van der Waals surface area contributed by atoms with Gasteiger partial charge in [0.05, 0.1) is 18.5 Å². The van der Waals surface area contributed by atoms with Crippen LogP contribution in [-0.2, 0) is 4.74 Å². The SMILES string of the molecule is O=C(Nc1cccnc1)N(CCN1CCCOCC1)c1cccc(Cl)c1. The van der Waals surface area contributed by atoms with E-state index in [2.05, 4.69) is 15.2 Å². The summed E-state index contributed by atoms with van der Waals surface area (Å²) in [4.78, 5) is 20.9. The summed E-state index contributed by atoms with van der Waals surface area (Å²) in [5, 5.41) is 3.50. The molecule has 0 bridgehead atoms. The Labute approximate surface area is 158 Å². The van der Waals surface area contributed by atoms with Crippen molar-refractivity contribution in [1.29, 1.82) is 0 Å². The highest BCUT2D eigenvalue weighted by molar-refractivity contribution is 6.31. The van der Waals surface area contributed by atoms with E-state index in [1.165, 1.54) is 0 Å². The first-order valence-electron chi connectivity index (χ1n) is 8.76. The number of hydrogen-bond acceptors (Lipinski definition) is 4. The molecule has 0 unspecified atom stereocenters. The van der Waals surface area contributed by atoms with Crippen molar-refractivity contribution in [1.82, 2.24) is 9.88 Å². The third kappa shape index (κ3) is 5.42. The quantitative estimate of drug-likeness (QED) is 0.870. The lowest BCUT2D eigenvalue weighted by Gasteiger charge is -2.27. The van der Waals surface area contributed by atoms with Crippen LogP contribution in [0.5, 0.6) is 0 Å². The number of nitrogens with one attached hydrogen (secondary N) is 1. The molecular weight excluding hydrogens is 352 g/mol. The third-order valence-electron chi connectivity index (χ3n) is 4.23. The van der Waals surface area contributed by atoms with Crippen LogP contribution in [0.15, 0.2) is 48.8 Å². The second-order valence-electron chi connectivity index (χ2n) is 6.11. The Morgan fingerprint density at radius 3 is 3.00 bits per heavy atom. The van der Waals surface area contributed by atoms with Gasteiger partial charge in [-0.1, -0.05) is 17.7 Å². The van der Waals surface area contributed by atoms with Crippen LogP contribution in [0.4, 0.5) is 16.2 Å². The topological polar surface area (TPSA) is 57.7 Å². The van der Waals surface area contributed by atoms with Crippen LogP contribution in [-0.4, -0.2) is 55.3 Å². The molecule has 0 atom stereocenters. The fourth-order valence-electron chi connectivity index (χ4n) is 2.88. The van der Waals surface area contributed by atoms with Gasteiger partial charge in [-0.3, -0.25) is 14.8 Å². The highest BCUT2D eigenvalue weighted by Crippen LogP contribution is 2.20. The fraction of sp³-hybridized carbons (Fsp3) is 0.368. The Morgan fingerprint density at radius 2 is 2.19 bits per heavy atom. The molecule has 7 heteroatoms. The molecule has 0 aliphatic carbocycles. The summed E-state index contributed by atoms with van der Waals surface area (Å²) in [6, 6.07) is 10.7. The number of amides is 2. The van der Waals surface area contributed by atoms with Crippen LogP contribution >= 0.6 is 11.6 Å². The number of ether oxygens (including phenoxy) is 1. The number of nitrogens with zero attached hydrogens (tertiary/aromatic N) is 3. The Kier molecular flexibility index (Phi) is 6.82. The number of aromatic nitrogens is 1. The molecule has 1 saturated heterocycles. The maximum atomic E-state index is 12.9. The molecule has 0 spiro atoms. The number of pyridine rings is 1. The van der Waals surface area contributed by atoms with Crippen LogP contribution in [0.25, 0.3) is 0 Å². The standard InChI is InChI=1S/C19H23ClN4O2/c20-16-4-1-6-18(14-16)24(10-9-23-8-3-12-26-13-11-23)19(25)22-17-5-2-7-21-15-17/h1-2,4-7,14-15H,3,8-13H2,(H,22,25). The second-order valence-corrected chi connectivity index (χ2v) is 6.55. The van der Waals surface area contributed by atoms with Crippen molar-refractivity contribution < 1.29 is 9.53 Å². The molecule has 3 rings (SSSR count). The van der Waals surface area contributed by atoms with Gasteiger partial charge in [-0.25, -0.2) is 4.79 Å². The molecule has 1 aromatic carbocycles. The van der Waals surface area contributed by atoms with Gasteiger partial charge in [0.15, 0.2) is 0 Å². The average molecular weight is 375 g/mol. The van der Waals surface area contributed by atoms with Gasteiger partial charge < -0.3 is 10.1 Å². The molecular formula is C19H23ClN4O2. The second kappa shape index (κ2) is 9.52. The van der Waals surface area contributed by atoms with E-state index in [-0.39, 0.29) is 6.03 Å². The van der Waals surface area contributed by atoms with E-state index >= 15 is 0 Å². The molecule has 1 aromatic heterocycles. The predicted molar refractivity (Wildman–Crippen MR) is 104 cm³/mol. The van der Waals surface area contributed by atoms with E-state index in [1.54, 1.807) is 35.5 Å². The average Bonchev–Trinajstić information content (AvgIpc) is 2.92. The van der Waals surface area contributed by atoms with Crippen molar-refractivity contribution in [2.75, 3.05) is 49.6 Å². The largest absolute Gasteiger partial charge is 0.380 e. The first kappa shape index (κ1) is 18.6. The monoisotopic (exact) mass is 374 g/mol. The van der Waals surface area contributed by atoms with Crippen LogP contribution in [0.1, 0.15) is 6.42 Å². The van der Waals surface area contributed by atoms with Gasteiger partial charge in [0, 0.05) is 49.7 Å². The molecule has 0 radical (unpaired) electrons. The van der Waals surface area contributed by atoms with Crippen LogP contribution < -0.4 is 10.2 Å². The number of carbonyl (C=O) groups is 1. The number of carbonyl (C=O) groups excluding carboxylic acids is 1. The molecule has 138 valence electrons. The minimum Gasteiger partial charge on any atom is -0.380 e. The number of urea groups is 1. The fourth-order valence-corrected chi connectivity index (χ4v) is 3.07. The van der Waals surface area contributed by atoms with Crippen LogP contribution in [0.3, 0.4) is 0 Å². The predicted octanol–water partition coefficient (Wildman–Crippen LogP) is 3.50. The Bertz CT molecular complexity index is 706. The summed E-state index contributed by atoms with van der Waals surface area (Å²) in [5.41, 5.74) is 1.43. The molecule has 0 saturated carbocycles. The smallest absolute Gasteiger partial charge is 0.326 e. The number of halogens is 1. The van der Waals surface area contributed by atoms with E-state index in [1.807, 2.05) is 18.2 Å². The molecule has 6 nitrogen and oxygen atoms in total. The Balaban J connectivity index is 1.71. The molecule has 1 aliphatic rings. The van der Waals surface area contributed by atoms with Gasteiger partial charge in [0.1, 0.15) is 0 Å². The summed E-state index contributed by atoms with van der Waals surface area (Å²) in [7, 11) is 0. The van der Waals surface area contributed by atoms with Crippen molar-refractivity contribution in [2.45, 2.75) is 6.42 Å². The molecule has 1 aliphatic heterocycles. The summed E-state index contributed by atoms with van der Waals surface area (Å²) in [6.45, 7) is 4.74. The lowest BCUT2D eigenvalue weighted by Crippen LogP contribution is -2.41. The Hall–Kier alpha value is -2.15. The third-order valence-corrected chi connectivity index (χ3v) is 4.47. The van der Waals surface area contributed by atoms with E-state index in [0.717, 1.165) is 45.0 Å². The maximum absolute atomic E-state index is 12.9. The van der Waals surface area contributed by atoms with Gasteiger partial charge in [0.2, 0.25) is 0 Å². The minimum absolute atomic E-state index is 0.202. The summed E-state index contributed by atoms with van der Waals surface area (Å²) in [5.74, 6) is 0. The van der Waals surface area contributed by atoms with Crippen molar-refractivity contribution in [3.63, 3.8) is 0 Å². The first-order valence-corrected chi connectivity index (χ1v) is 9.14. The zero-order valence-corrected chi connectivity index (χ0v) is 15.4. The summed E-state index contributed by atoms with van der Waals surface area (Å²) in [6.07, 6.45) is 4.31. The van der Waals surface area contributed by atoms with E-state index < -0.39 is 0 Å². The van der Waals surface area contributed by atoms with Crippen LogP contribution in [0.2, 0.25) is 5.02 Å². The molecule has 2 heterocycles. The molecule has 1 N–H and O–H groups in total. The highest BCUT2D eigenvalue weighted by atomic mass is 35.5.